The molecule has 0 aliphatic carbocycles. The van der Waals surface area contributed by atoms with Gasteiger partial charge < -0.3 is 15.0 Å². The molecule has 0 aromatic rings. The molecule has 0 aromatic heterocycles. The number of Topliss-reactive ketones (excluding diaryl/α,β-unsaturated/α-hetero) is 1. The van der Waals surface area contributed by atoms with Crippen LogP contribution in [-0.4, -0.2) is 42.1 Å². The molecule has 19 heavy (non-hydrogen) atoms. The summed E-state index contributed by atoms with van der Waals surface area (Å²) in [6.45, 7) is 9.54. The SMILES string of the molecule is C=CCO[C@H](CC(=O)C(=[N+]=[N-])C(=O)OC)C(C)(C)C. The number of carbonyl (C=O) groups is 2. The molecule has 0 aliphatic heterocycles. The highest BCUT2D eigenvalue weighted by Crippen LogP contribution is 2.25. The molecule has 0 radical (unpaired) electrons. The molecule has 6 nitrogen and oxygen atoms in total. The third kappa shape index (κ3) is 5.59. The van der Waals surface area contributed by atoms with E-state index in [9.17, 15) is 9.59 Å². The third-order valence-corrected chi connectivity index (χ3v) is 2.49. The first kappa shape index (κ1) is 17.2. The fourth-order valence-corrected chi connectivity index (χ4v) is 1.37. The molecule has 0 aliphatic rings. The summed E-state index contributed by atoms with van der Waals surface area (Å²) < 4.78 is 9.87. The molecule has 0 rings (SSSR count). The maximum Gasteiger partial charge on any atom is 0.441 e. The third-order valence-electron chi connectivity index (χ3n) is 2.49. The minimum atomic E-state index is -0.969. The van der Waals surface area contributed by atoms with Crippen molar-refractivity contribution >= 4 is 17.5 Å². The van der Waals surface area contributed by atoms with E-state index in [2.05, 4.69) is 16.1 Å². The Bertz CT molecular complexity index is 403. The first-order valence-corrected chi connectivity index (χ1v) is 5.84. The van der Waals surface area contributed by atoms with Gasteiger partial charge in [-0.1, -0.05) is 26.8 Å². The van der Waals surface area contributed by atoms with E-state index in [4.69, 9.17) is 10.3 Å². The summed E-state index contributed by atoms with van der Waals surface area (Å²) in [7, 11) is 1.11. The minimum absolute atomic E-state index is 0.0775. The Balaban J connectivity index is 4.94. The molecule has 0 unspecified atom stereocenters. The van der Waals surface area contributed by atoms with Crippen molar-refractivity contribution in [2.45, 2.75) is 33.3 Å². The van der Waals surface area contributed by atoms with Crippen LogP contribution in [-0.2, 0) is 19.1 Å². The number of nitrogens with zero attached hydrogens (tertiary/aromatic N) is 2. The van der Waals surface area contributed by atoms with Gasteiger partial charge in [-0.3, -0.25) is 4.79 Å². The van der Waals surface area contributed by atoms with Gasteiger partial charge in [-0.05, 0) is 5.41 Å². The number of ether oxygens (including phenoxy) is 2. The molecular formula is C13H20N2O4. The first-order chi connectivity index (χ1) is 8.77. The standard InChI is InChI=1S/C13H20N2O4/c1-6-7-19-10(13(2,3)4)8-9(16)11(15-14)12(17)18-5/h6,10H,1,7-8H2,2-5H3/t10-/m1/s1. The van der Waals surface area contributed by atoms with Crippen molar-refractivity contribution in [1.29, 1.82) is 0 Å². The van der Waals surface area contributed by atoms with E-state index in [0.29, 0.717) is 6.61 Å². The first-order valence-electron chi connectivity index (χ1n) is 5.84. The summed E-state index contributed by atoms with van der Waals surface area (Å²) in [4.78, 5) is 25.8. The van der Waals surface area contributed by atoms with Crippen LogP contribution in [0.4, 0.5) is 0 Å². The van der Waals surface area contributed by atoms with Gasteiger partial charge in [-0.15, -0.1) is 6.58 Å². The fourth-order valence-electron chi connectivity index (χ4n) is 1.37. The van der Waals surface area contributed by atoms with Gasteiger partial charge in [0.2, 0.25) is 0 Å². The average molecular weight is 268 g/mol. The Morgan fingerprint density at radius 1 is 1.42 bits per heavy atom. The molecule has 6 heteroatoms. The second kappa shape index (κ2) is 7.61. The average Bonchev–Trinajstić information content (AvgIpc) is 2.33. The van der Waals surface area contributed by atoms with Gasteiger partial charge in [-0.2, -0.15) is 4.79 Å². The minimum Gasteiger partial charge on any atom is -0.460 e. The number of hydrogen-bond acceptors (Lipinski definition) is 4. The molecule has 0 heterocycles. The van der Waals surface area contributed by atoms with E-state index in [1.165, 1.54) is 0 Å². The molecule has 0 aromatic carbocycles. The van der Waals surface area contributed by atoms with E-state index in [0.717, 1.165) is 7.11 Å². The van der Waals surface area contributed by atoms with Gasteiger partial charge in [0, 0.05) is 6.42 Å². The van der Waals surface area contributed by atoms with Crippen LogP contribution < -0.4 is 0 Å². The summed E-state index contributed by atoms with van der Waals surface area (Å²) in [6, 6.07) is 0. The molecule has 106 valence electrons. The highest BCUT2D eigenvalue weighted by molar-refractivity contribution is 6.62. The second-order valence-electron chi connectivity index (χ2n) is 5.04. The number of rotatable bonds is 7. The van der Waals surface area contributed by atoms with E-state index in [1.807, 2.05) is 20.8 Å². The van der Waals surface area contributed by atoms with Gasteiger partial charge in [-0.25, -0.2) is 4.79 Å². The van der Waals surface area contributed by atoms with Gasteiger partial charge >= 0.3 is 11.7 Å². The lowest BCUT2D eigenvalue weighted by atomic mass is 9.85. The summed E-state index contributed by atoms with van der Waals surface area (Å²) in [6.07, 6.45) is 1.07. The predicted octanol–water partition coefficient (Wildman–Crippen LogP) is 1.41. The molecule has 0 spiro atoms. The van der Waals surface area contributed by atoms with Crippen molar-refractivity contribution in [3.8, 4) is 0 Å². The number of esters is 1. The predicted molar refractivity (Wildman–Crippen MR) is 69.7 cm³/mol. The van der Waals surface area contributed by atoms with Gasteiger partial charge in [0.15, 0.2) is 0 Å². The smallest absolute Gasteiger partial charge is 0.441 e. The highest BCUT2D eigenvalue weighted by atomic mass is 16.5. The topological polar surface area (TPSA) is 89.0 Å². The maximum atomic E-state index is 11.9. The van der Waals surface area contributed by atoms with Gasteiger partial charge in [0.25, 0.3) is 5.78 Å². The van der Waals surface area contributed by atoms with E-state index in [1.54, 1.807) is 6.08 Å². The number of carbonyl (C=O) groups excluding carboxylic acids is 2. The van der Waals surface area contributed by atoms with Crippen LogP contribution in [0.15, 0.2) is 12.7 Å². The molecule has 0 saturated carbocycles. The van der Waals surface area contributed by atoms with Crippen molar-refractivity contribution in [2.75, 3.05) is 13.7 Å². The van der Waals surface area contributed by atoms with E-state index in [-0.39, 0.29) is 11.8 Å². The monoisotopic (exact) mass is 268 g/mol. The normalized spacial score (nSPS) is 12.2. The zero-order valence-electron chi connectivity index (χ0n) is 11.8. The lowest BCUT2D eigenvalue weighted by molar-refractivity contribution is -0.140. The molecule has 0 N–H and O–H groups in total. The zero-order valence-corrected chi connectivity index (χ0v) is 11.8. The lowest BCUT2D eigenvalue weighted by Gasteiger charge is -2.29. The van der Waals surface area contributed by atoms with E-state index >= 15 is 0 Å². The quantitative estimate of drug-likeness (QED) is 0.174. The highest BCUT2D eigenvalue weighted by Gasteiger charge is 2.36. The molecular weight excluding hydrogens is 248 g/mol. The van der Waals surface area contributed by atoms with Crippen molar-refractivity contribution in [1.82, 2.24) is 0 Å². The molecule has 0 fully saturated rings. The Morgan fingerprint density at radius 3 is 2.37 bits per heavy atom. The molecule has 0 amide bonds. The van der Waals surface area contributed by atoms with Crippen LogP contribution in [0.25, 0.3) is 5.53 Å². The van der Waals surface area contributed by atoms with Crippen LogP contribution in [0.3, 0.4) is 0 Å². The summed E-state index contributed by atoms with van der Waals surface area (Å²) in [5.41, 5.74) is 7.76. The van der Waals surface area contributed by atoms with Crippen LogP contribution in [0, 0.1) is 5.41 Å². The number of methoxy groups -OCH3 is 1. The molecule has 1 atom stereocenters. The fraction of sp³-hybridized carbons (Fsp3) is 0.615. The zero-order chi connectivity index (χ0) is 15.1. The van der Waals surface area contributed by atoms with Gasteiger partial charge in [0.05, 0.1) is 19.8 Å². The summed E-state index contributed by atoms with van der Waals surface area (Å²) in [5.74, 6) is -1.60. The lowest BCUT2D eigenvalue weighted by Crippen LogP contribution is -2.36. The Labute approximate surface area is 113 Å². The Kier molecular flexibility index (Phi) is 6.90. The van der Waals surface area contributed by atoms with Crippen molar-refractivity contribution in [2.24, 2.45) is 5.41 Å². The van der Waals surface area contributed by atoms with Crippen LogP contribution in [0.1, 0.15) is 27.2 Å². The summed E-state index contributed by atoms with van der Waals surface area (Å²) in [5, 5.41) is 0. The van der Waals surface area contributed by atoms with Crippen molar-refractivity contribution in [3.63, 3.8) is 0 Å². The maximum absolute atomic E-state index is 11.9. The number of hydrogen-bond donors (Lipinski definition) is 0. The van der Waals surface area contributed by atoms with Crippen LogP contribution in [0.5, 0.6) is 0 Å². The van der Waals surface area contributed by atoms with Crippen molar-refractivity contribution in [3.05, 3.63) is 18.2 Å². The summed E-state index contributed by atoms with van der Waals surface area (Å²) >= 11 is 0. The van der Waals surface area contributed by atoms with Crippen molar-refractivity contribution < 1.29 is 23.9 Å². The van der Waals surface area contributed by atoms with E-state index < -0.39 is 23.6 Å². The van der Waals surface area contributed by atoms with Crippen LogP contribution >= 0.6 is 0 Å². The van der Waals surface area contributed by atoms with Crippen LogP contribution in [0.2, 0.25) is 0 Å². The largest absolute Gasteiger partial charge is 0.460 e. The van der Waals surface area contributed by atoms with Gasteiger partial charge in [0.1, 0.15) is 0 Å². The number of ketones is 1. The Hall–Kier alpha value is -1.78. The molecule has 0 bridgehead atoms. The second-order valence-corrected chi connectivity index (χ2v) is 5.04. The molecule has 0 saturated heterocycles. The Morgan fingerprint density at radius 2 is 2.00 bits per heavy atom.